The molecule has 1 saturated heterocycles. The molecule has 3 N–H and O–H groups in total. The minimum absolute atomic E-state index is 0.0467. The second kappa shape index (κ2) is 10.2. The van der Waals surface area contributed by atoms with Gasteiger partial charge in [-0.3, -0.25) is 4.68 Å². The molecule has 0 aliphatic carbocycles. The van der Waals surface area contributed by atoms with Crippen molar-refractivity contribution in [3.8, 4) is 11.4 Å². The molecule has 6 rings (SSSR count). The highest BCUT2D eigenvalue weighted by molar-refractivity contribution is 7.90. The van der Waals surface area contributed by atoms with Gasteiger partial charge in [-0.2, -0.15) is 18.3 Å². The van der Waals surface area contributed by atoms with Crippen LogP contribution in [-0.2, 0) is 16.3 Å². The monoisotopic (exact) mass is 600 g/mol. The van der Waals surface area contributed by atoms with Gasteiger partial charge in [0.1, 0.15) is 27.5 Å². The van der Waals surface area contributed by atoms with E-state index in [-0.39, 0.29) is 36.3 Å². The summed E-state index contributed by atoms with van der Waals surface area (Å²) in [5, 5.41) is 9.08. The Kier molecular flexibility index (Phi) is 6.88. The quantitative estimate of drug-likeness (QED) is 0.313. The zero-order valence-electron chi connectivity index (χ0n) is 23.3. The first kappa shape index (κ1) is 28.3. The first-order valence-electron chi connectivity index (χ1n) is 13.7. The molecule has 42 heavy (non-hydrogen) atoms. The fraction of sp³-hybridized carbons (Fsp3) is 0.429. The summed E-state index contributed by atoms with van der Waals surface area (Å²) in [6, 6.07) is 6.02. The number of halogens is 3. The van der Waals surface area contributed by atoms with E-state index in [1.807, 2.05) is 17.0 Å². The number of hydrogen-bond acceptors (Lipinski definition) is 9. The average Bonchev–Trinajstić information content (AvgIpc) is 3.52. The minimum Gasteiger partial charge on any atom is -0.355 e. The molecule has 3 aromatic heterocycles. The Hall–Kier alpha value is -3.78. The molecule has 0 saturated carbocycles. The van der Waals surface area contributed by atoms with Crippen molar-refractivity contribution < 1.29 is 21.6 Å². The van der Waals surface area contributed by atoms with Crippen molar-refractivity contribution in [3.63, 3.8) is 0 Å². The summed E-state index contributed by atoms with van der Waals surface area (Å²) in [7, 11) is -3.14. The van der Waals surface area contributed by atoms with Crippen LogP contribution in [0.3, 0.4) is 0 Å². The van der Waals surface area contributed by atoms with E-state index >= 15 is 0 Å². The predicted octanol–water partition coefficient (Wildman–Crippen LogP) is 4.57. The van der Waals surface area contributed by atoms with Crippen LogP contribution >= 0.6 is 0 Å². The normalized spacial score (nSPS) is 20.7. The number of fused-ring (bicyclic) bond motifs is 2. The van der Waals surface area contributed by atoms with Gasteiger partial charge in [0.2, 0.25) is 0 Å². The molecule has 10 nitrogen and oxygen atoms in total. The second-order valence-electron chi connectivity index (χ2n) is 11.4. The van der Waals surface area contributed by atoms with Gasteiger partial charge in [0.05, 0.1) is 29.4 Å². The summed E-state index contributed by atoms with van der Waals surface area (Å²) in [6.07, 6.45) is 1.32. The zero-order chi connectivity index (χ0) is 30.0. The van der Waals surface area contributed by atoms with Crippen molar-refractivity contribution in [3.05, 3.63) is 54.1 Å². The van der Waals surface area contributed by atoms with Gasteiger partial charge in [-0.05, 0) is 47.9 Å². The van der Waals surface area contributed by atoms with Crippen molar-refractivity contribution in [2.45, 2.75) is 51.0 Å². The predicted molar refractivity (Wildman–Crippen MR) is 154 cm³/mol. The van der Waals surface area contributed by atoms with Crippen molar-refractivity contribution in [2.75, 3.05) is 28.8 Å². The Balaban J connectivity index is 1.29. The van der Waals surface area contributed by atoms with E-state index in [1.165, 1.54) is 12.5 Å². The van der Waals surface area contributed by atoms with E-state index in [4.69, 9.17) is 5.73 Å². The summed E-state index contributed by atoms with van der Waals surface area (Å²) >= 11 is 0. The number of nitrogens with zero attached hydrogens (tertiary/aromatic N) is 6. The number of benzene rings is 1. The van der Waals surface area contributed by atoms with Gasteiger partial charge in [-0.25, -0.2) is 23.4 Å². The lowest BCUT2D eigenvalue weighted by Crippen LogP contribution is -2.63. The fourth-order valence-corrected chi connectivity index (χ4v) is 7.03. The molecule has 3 atom stereocenters. The highest BCUT2D eigenvalue weighted by atomic mass is 32.2. The number of anilines is 3. The molecule has 0 bridgehead atoms. The average molecular weight is 601 g/mol. The van der Waals surface area contributed by atoms with Crippen LogP contribution in [0.5, 0.6) is 0 Å². The van der Waals surface area contributed by atoms with E-state index in [0.29, 0.717) is 29.4 Å². The van der Waals surface area contributed by atoms with Gasteiger partial charge in [0.25, 0.3) is 0 Å². The molecule has 14 heteroatoms. The number of pyridine rings is 1. The van der Waals surface area contributed by atoms with E-state index in [2.05, 4.69) is 45.3 Å². The van der Waals surface area contributed by atoms with Crippen LogP contribution in [0.1, 0.15) is 43.5 Å². The lowest BCUT2D eigenvalue weighted by Gasteiger charge is -2.47. The Morgan fingerprint density at radius 1 is 1.12 bits per heavy atom. The first-order valence-corrected chi connectivity index (χ1v) is 15.7. The topological polar surface area (TPSA) is 132 Å². The van der Waals surface area contributed by atoms with Crippen LogP contribution < -0.4 is 16.0 Å². The lowest BCUT2D eigenvalue weighted by atomic mass is 9.92. The molecule has 2 aliphatic rings. The summed E-state index contributed by atoms with van der Waals surface area (Å²) in [4.78, 5) is 15.5. The molecule has 0 amide bonds. The van der Waals surface area contributed by atoms with Crippen LogP contribution in [0.2, 0.25) is 0 Å². The maximum atomic E-state index is 13.4. The molecule has 1 unspecified atom stereocenters. The zero-order valence-corrected chi connectivity index (χ0v) is 24.1. The smallest absolute Gasteiger partial charge is 0.355 e. The number of hydrogen-bond donors (Lipinski definition) is 2. The Morgan fingerprint density at radius 3 is 2.60 bits per heavy atom. The molecule has 0 radical (unpaired) electrons. The van der Waals surface area contributed by atoms with Crippen LogP contribution in [-0.4, -0.2) is 64.0 Å². The van der Waals surface area contributed by atoms with Gasteiger partial charge in [-0.1, -0.05) is 19.9 Å². The van der Waals surface area contributed by atoms with Crippen LogP contribution in [0.4, 0.5) is 30.5 Å². The van der Waals surface area contributed by atoms with Crippen LogP contribution in [0.25, 0.3) is 22.2 Å². The Labute approximate surface area is 241 Å². The minimum atomic E-state index is -4.37. The van der Waals surface area contributed by atoms with Crippen LogP contribution in [0, 0.1) is 5.92 Å². The van der Waals surface area contributed by atoms with Gasteiger partial charge in [-0.15, -0.1) is 0 Å². The summed E-state index contributed by atoms with van der Waals surface area (Å²) < 4.78 is 64.8. The molecule has 5 heterocycles. The summed E-state index contributed by atoms with van der Waals surface area (Å²) in [5.74, 6) is 1.38. The number of nitrogens with one attached hydrogen (secondary N) is 1. The Morgan fingerprint density at radius 2 is 1.90 bits per heavy atom. The summed E-state index contributed by atoms with van der Waals surface area (Å²) in [5.41, 5.74) is 9.34. The first-order chi connectivity index (χ1) is 19.8. The molecule has 0 spiro atoms. The molecular formula is C28H31F3N8O2S. The maximum Gasteiger partial charge on any atom is 0.410 e. The Bertz CT molecular complexity index is 1770. The third-order valence-corrected chi connectivity index (χ3v) is 9.05. The van der Waals surface area contributed by atoms with E-state index < -0.39 is 28.2 Å². The van der Waals surface area contributed by atoms with E-state index in [9.17, 15) is 21.6 Å². The molecule has 1 aromatic carbocycles. The van der Waals surface area contributed by atoms with Crippen molar-refractivity contribution in [1.82, 2.24) is 24.7 Å². The van der Waals surface area contributed by atoms with Gasteiger partial charge in [0, 0.05) is 42.2 Å². The molecule has 1 fully saturated rings. The lowest BCUT2D eigenvalue weighted by molar-refractivity contribution is -0.168. The molecular weight excluding hydrogens is 569 g/mol. The van der Waals surface area contributed by atoms with Crippen LogP contribution in [0.15, 0.2) is 42.9 Å². The fourth-order valence-electron chi connectivity index (χ4n) is 5.95. The second-order valence-corrected chi connectivity index (χ2v) is 13.6. The standard InChI is InChI=1S/C28H31F3N8O2S/c1-15(2)17-4-5-21(38-13-16(26(38)32)14-42(3,40)41)19-11-34-25(10-18(17)19)36-24-8-9-33-27(37-24)20-12-35-39-22(20)6-7-23(39)28(29,30)31/h4-5,8-12,15-16,23,26H,6-7,13-14,32H2,1-3H3,(H,33,34,36,37)/t16-,23?,26+/m1/s1. The van der Waals surface area contributed by atoms with E-state index in [1.54, 1.807) is 18.5 Å². The van der Waals surface area contributed by atoms with E-state index in [0.717, 1.165) is 26.7 Å². The van der Waals surface area contributed by atoms with Gasteiger partial charge in [0.15, 0.2) is 5.82 Å². The number of nitrogens with two attached hydrogens (primary N) is 1. The third kappa shape index (κ3) is 5.17. The number of sulfone groups is 1. The van der Waals surface area contributed by atoms with Crippen molar-refractivity contribution >= 4 is 37.9 Å². The number of rotatable bonds is 7. The van der Waals surface area contributed by atoms with Crippen molar-refractivity contribution in [1.29, 1.82) is 0 Å². The SMILES string of the molecule is CC(C)c1ccc(N2C[C@H](CS(C)(=O)=O)[C@H]2N)c2cnc(Nc3ccnc(-c4cnn5c4CCC5C(F)(F)F)n3)cc12. The third-order valence-electron chi connectivity index (χ3n) is 8.01. The molecule has 2 aliphatic heterocycles. The number of aromatic nitrogens is 5. The summed E-state index contributed by atoms with van der Waals surface area (Å²) in [6.45, 7) is 4.74. The highest BCUT2D eigenvalue weighted by Gasteiger charge is 2.46. The largest absolute Gasteiger partial charge is 0.410 e. The van der Waals surface area contributed by atoms with Gasteiger partial charge >= 0.3 is 6.18 Å². The van der Waals surface area contributed by atoms with Crippen molar-refractivity contribution in [2.24, 2.45) is 11.7 Å². The molecule has 4 aromatic rings. The number of alkyl halides is 3. The van der Waals surface area contributed by atoms with Gasteiger partial charge < -0.3 is 16.0 Å². The maximum absolute atomic E-state index is 13.4. The molecule has 222 valence electrons. The highest BCUT2D eigenvalue weighted by Crippen LogP contribution is 2.42.